The molecule has 0 bridgehead atoms. The number of rotatable bonds is 3. The average Bonchev–Trinajstić information content (AvgIpc) is 2.31. The third-order valence-electron chi connectivity index (χ3n) is 2.01. The van der Waals surface area contributed by atoms with E-state index in [1.54, 1.807) is 6.07 Å². The van der Waals surface area contributed by atoms with Gasteiger partial charge in [0.15, 0.2) is 11.0 Å². The normalized spacial score (nSPS) is 10.9. The van der Waals surface area contributed by atoms with Gasteiger partial charge in [-0.05, 0) is 12.0 Å². The molecule has 1 rings (SSSR count). The molecule has 0 radical (unpaired) electrons. The Morgan fingerprint density at radius 1 is 1.33 bits per heavy atom. The third kappa shape index (κ3) is 8.90. The van der Waals surface area contributed by atoms with Crippen LogP contribution in [0.4, 0.5) is 5.82 Å². The lowest BCUT2D eigenvalue weighted by atomic mass is 9.96. The van der Waals surface area contributed by atoms with Gasteiger partial charge >= 0.3 is 0 Å². The van der Waals surface area contributed by atoms with Gasteiger partial charge in [-0.15, -0.1) is 10.2 Å². The second-order valence-electron chi connectivity index (χ2n) is 6.32. The minimum atomic E-state index is -0.483. The first-order chi connectivity index (χ1) is 9.57. The quantitative estimate of drug-likeness (QED) is 0.738. The lowest BCUT2D eigenvalue weighted by Gasteiger charge is -2.17. The van der Waals surface area contributed by atoms with Gasteiger partial charge in [0.2, 0.25) is 5.91 Å². The Kier molecular flexibility index (Phi) is 8.85. The van der Waals surface area contributed by atoms with Crippen LogP contribution in [-0.2, 0) is 11.3 Å². The van der Waals surface area contributed by atoms with Crippen molar-refractivity contribution in [2.75, 3.05) is 5.32 Å². The molecule has 0 saturated heterocycles. The van der Waals surface area contributed by atoms with Crippen molar-refractivity contribution in [2.45, 2.75) is 48.1 Å². The second kappa shape index (κ2) is 9.23. The molecule has 0 unspecified atom stereocenters. The van der Waals surface area contributed by atoms with Crippen molar-refractivity contribution in [2.24, 2.45) is 11.3 Å². The van der Waals surface area contributed by atoms with Crippen molar-refractivity contribution in [3.63, 3.8) is 0 Å². The van der Waals surface area contributed by atoms with Gasteiger partial charge in [0.05, 0.1) is 0 Å². The minimum Gasteiger partial charge on any atom is -0.309 e. The summed E-state index contributed by atoms with van der Waals surface area (Å²) in [6.07, 6.45) is 0. The van der Waals surface area contributed by atoms with E-state index in [0.29, 0.717) is 17.5 Å². The first kappa shape index (κ1) is 20.1. The van der Waals surface area contributed by atoms with Crippen LogP contribution in [-0.4, -0.2) is 16.1 Å². The largest absolute Gasteiger partial charge is 0.309 e. The summed E-state index contributed by atoms with van der Waals surface area (Å²) in [5.41, 5.74) is 0.240. The molecule has 7 heteroatoms. The number of hydrogen-bond acceptors (Lipinski definition) is 5. The molecular formula is C14H25ClN4OS. The maximum atomic E-state index is 11.7. The molecule has 0 fully saturated rings. The zero-order valence-corrected chi connectivity index (χ0v) is 15.1. The molecule has 0 aliphatic carbocycles. The van der Waals surface area contributed by atoms with Crippen molar-refractivity contribution in [1.29, 1.82) is 0 Å². The van der Waals surface area contributed by atoms with Crippen molar-refractivity contribution in [1.82, 2.24) is 14.9 Å². The maximum Gasteiger partial charge on any atom is 0.230 e. The van der Waals surface area contributed by atoms with Gasteiger partial charge < -0.3 is 5.32 Å². The minimum absolute atomic E-state index is 0.126. The van der Waals surface area contributed by atoms with Gasteiger partial charge in [-0.1, -0.05) is 66.0 Å². The zero-order valence-electron chi connectivity index (χ0n) is 13.5. The fraction of sp³-hybridized carbons (Fsp3) is 0.643. The van der Waals surface area contributed by atoms with E-state index in [1.165, 1.54) is 0 Å². The van der Waals surface area contributed by atoms with Crippen LogP contribution >= 0.6 is 24.4 Å². The van der Waals surface area contributed by atoms with Gasteiger partial charge in [-0.2, -0.15) is 0 Å². The van der Waals surface area contributed by atoms with Crippen LogP contribution in [0.1, 0.15) is 47.1 Å². The van der Waals surface area contributed by atoms with Gasteiger partial charge in [0.1, 0.15) is 0 Å². The highest BCUT2D eigenvalue weighted by Gasteiger charge is 2.22. The van der Waals surface area contributed by atoms with Gasteiger partial charge in [-0.3, -0.25) is 9.52 Å². The smallest absolute Gasteiger partial charge is 0.230 e. The van der Waals surface area contributed by atoms with E-state index in [1.807, 2.05) is 20.8 Å². The maximum absolute atomic E-state index is 11.7. The van der Waals surface area contributed by atoms with Crippen LogP contribution < -0.4 is 10.0 Å². The standard InChI is InChI=1S/C10H15ClN4OS.C4H10/c1-10(2,3)9(16)13-7-4-6(5-12-17)8(11)15-14-7;1-4(2)3/h4,12,17H,5H2,1-3H3,(H,13,14,16);4H,1-3H3. The Bertz CT molecular complexity index is 458. The van der Waals surface area contributed by atoms with Crippen LogP contribution in [0.25, 0.3) is 0 Å². The van der Waals surface area contributed by atoms with E-state index in [-0.39, 0.29) is 5.91 Å². The predicted octanol–water partition coefficient (Wildman–Crippen LogP) is 3.71. The Labute approximate surface area is 137 Å². The van der Waals surface area contributed by atoms with Crippen LogP contribution in [0.2, 0.25) is 5.15 Å². The summed E-state index contributed by atoms with van der Waals surface area (Å²) in [6, 6.07) is 1.67. The number of nitrogens with zero attached hydrogens (tertiary/aromatic N) is 2. The summed E-state index contributed by atoms with van der Waals surface area (Å²) in [6.45, 7) is 12.4. The molecule has 0 aliphatic rings. The number of carbonyl (C=O) groups excluding carboxylic acids is 1. The van der Waals surface area contributed by atoms with E-state index in [0.717, 1.165) is 11.5 Å². The van der Waals surface area contributed by atoms with Crippen molar-refractivity contribution < 1.29 is 4.79 Å². The summed E-state index contributed by atoms with van der Waals surface area (Å²) in [5.74, 6) is 1.09. The third-order valence-corrected chi connectivity index (χ3v) is 2.49. The summed E-state index contributed by atoms with van der Waals surface area (Å²) < 4.78 is 2.67. The lowest BCUT2D eigenvalue weighted by Crippen LogP contribution is -2.28. The Hall–Kier alpha value is -0.850. The van der Waals surface area contributed by atoms with Crippen LogP contribution in [0.3, 0.4) is 0 Å². The highest BCUT2D eigenvalue weighted by Crippen LogP contribution is 2.19. The number of amides is 1. The predicted molar refractivity (Wildman–Crippen MR) is 91.5 cm³/mol. The van der Waals surface area contributed by atoms with Crippen LogP contribution in [0, 0.1) is 11.3 Å². The Morgan fingerprint density at radius 2 is 1.86 bits per heavy atom. The van der Waals surface area contributed by atoms with Crippen molar-refractivity contribution in [3.05, 3.63) is 16.8 Å². The molecule has 21 heavy (non-hydrogen) atoms. The first-order valence-electron chi connectivity index (χ1n) is 6.78. The summed E-state index contributed by atoms with van der Waals surface area (Å²) >= 11 is 9.73. The molecule has 1 heterocycles. The molecule has 0 spiro atoms. The molecule has 0 atom stereocenters. The number of thiol groups is 1. The summed E-state index contributed by atoms with van der Waals surface area (Å²) in [7, 11) is 0. The van der Waals surface area contributed by atoms with Crippen molar-refractivity contribution in [3.8, 4) is 0 Å². The molecule has 2 N–H and O–H groups in total. The van der Waals surface area contributed by atoms with Gasteiger partial charge in [-0.25, -0.2) is 0 Å². The van der Waals surface area contributed by atoms with Crippen LogP contribution in [0.5, 0.6) is 0 Å². The van der Waals surface area contributed by atoms with E-state index in [9.17, 15) is 4.79 Å². The van der Waals surface area contributed by atoms with E-state index >= 15 is 0 Å². The molecule has 1 aromatic rings. The van der Waals surface area contributed by atoms with Gasteiger partial charge in [0.25, 0.3) is 0 Å². The monoisotopic (exact) mass is 332 g/mol. The average molecular weight is 333 g/mol. The Morgan fingerprint density at radius 3 is 2.29 bits per heavy atom. The molecule has 0 aliphatic heterocycles. The van der Waals surface area contributed by atoms with E-state index < -0.39 is 5.41 Å². The fourth-order valence-electron chi connectivity index (χ4n) is 0.989. The molecule has 120 valence electrons. The van der Waals surface area contributed by atoms with Gasteiger partial charge in [0, 0.05) is 17.5 Å². The van der Waals surface area contributed by atoms with E-state index in [4.69, 9.17) is 11.6 Å². The first-order valence-corrected chi connectivity index (χ1v) is 7.61. The number of hydrogen-bond donors (Lipinski definition) is 3. The highest BCUT2D eigenvalue weighted by atomic mass is 35.5. The highest BCUT2D eigenvalue weighted by molar-refractivity contribution is 7.78. The summed E-state index contributed by atoms with van der Waals surface area (Å²) in [4.78, 5) is 11.7. The molecule has 0 aromatic carbocycles. The SMILES string of the molecule is CC(C)(C)C(=O)Nc1cc(CNS)c(Cl)nn1.CC(C)C. The lowest BCUT2D eigenvalue weighted by molar-refractivity contribution is -0.123. The molecule has 1 amide bonds. The Balaban J connectivity index is 0.000000885. The number of aromatic nitrogens is 2. The molecule has 5 nitrogen and oxygen atoms in total. The zero-order chi connectivity index (χ0) is 16.6. The molecule has 1 aromatic heterocycles. The number of nitrogens with one attached hydrogen (secondary N) is 2. The summed E-state index contributed by atoms with van der Waals surface area (Å²) in [5, 5.41) is 10.5. The number of carbonyl (C=O) groups is 1. The molecular weight excluding hydrogens is 308 g/mol. The topological polar surface area (TPSA) is 66.9 Å². The number of halogens is 1. The van der Waals surface area contributed by atoms with Crippen LogP contribution in [0.15, 0.2) is 6.07 Å². The van der Waals surface area contributed by atoms with Crippen molar-refractivity contribution >= 4 is 36.1 Å². The fourth-order valence-corrected chi connectivity index (χ4v) is 1.32. The number of anilines is 1. The van der Waals surface area contributed by atoms with E-state index in [2.05, 4.69) is 53.8 Å². The second-order valence-corrected chi connectivity index (χ2v) is 6.99. The molecule has 0 saturated carbocycles.